The lowest BCUT2D eigenvalue weighted by Gasteiger charge is -2.27. The standard InChI is InChI=1S/C26H26N2O4S/c1-4-32-20-13-7-17(8-14-20)16-28-23(18-9-11-19(12-10-18)27(2)3)22(25(30)26(28)31)24(29)21-6-5-15-33-21/h5-15,23,30H,4,16H2,1-3H3. The number of aliphatic hydroxyl groups excluding tert-OH is 1. The summed E-state index contributed by atoms with van der Waals surface area (Å²) < 4.78 is 5.50. The molecule has 4 rings (SSSR count). The summed E-state index contributed by atoms with van der Waals surface area (Å²) in [5, 5.41) is 12.6. The Morgan fingerprint density at radius 1 is 1.09 bits per heavy atom. The molecule has 1 aliphatic heterocycles. The summed E-state index contributed by atoms with van der Waals surface area (Å²) in [6.45, 7) is 2.74. The first-order valence-corrected chi connectivity index (χ1v) is 11.6. The highest BCUT2D eigenvalue weighted by atomic mass is 32.1. The molecule has 1 amide bonds. The number of carbonyl (C=O) groups is 2. The van der Waals surface area contributed by atoms with E-state index in [1.165, 1.54) is 11.3 Å². The molecule has 0 fully saturated rings. The van der Waals surface area contributed by atoms with Gasteiger partial charge < -0.3 is 19.6 Å². The van der Waals surface area contributed by atoms with Gasteiger partial charge in [0.15, 0.2) is 5.76 Å². The van der Waals surface area contributed by atoms with Crippen molar-refractivity contribution in [3.05, 3.63) is 93.4 Å². The second kappa shape index (κ2) is 9.50. The molecule has 0 radical (unpaired) electrons. The van der Waals surface area contributed by atoms with Crippen LogP contribution < -0.4 is 9.64 Å². The Balaban J connectivity index is 1.73. The van der Waals surface area contributed by atoms with Crippen LogP contribution in [0, 0.1) is 0 Å². The molecular formula is C26H26N2O4S. The number of nitrogens with zero attached hydrogens (tertiary/aromatic N) is 2. The maximum Gasteiger partial charge on any atom is 0.290 e. The normalized spacial score (nSPS) is 15.8. The van der Waals surface area contributed by atoms with E-state index in [1.54, 1.807) is 22.4 Å². The number of aliphatic hydroxyl groups is 1. The average Bonchev–Trinajstić information content (AvgIpc) is 3.44. The minimum atomic E-state index is -0.685. The van der Waals surface area contributed by atoms with Gasteiger partial charge in [0.25, 0.3) is 5.91 Å². The number of Topliss-reactive ketones (excluding diaryl/α,β-unsaturated/α-hetero) is 1. The zero-order valence-electron chi connectivity index (χ0n) is 18.8. The summed E-state index contributed by atoms with van der Waals surface area (Å²) in [4.78, 5) is 30.5. The number of benzene rings is 2. The number of anilines is 1. The lowest BCUT2D eigenvalue weighted by molar-refractivity contribution is -0.130. The highest BCUT2D eigenvalue weighted by molar-refractivity contribution is 7.12. The van der Waals surface area contributed by atoms with Crippen LogP contribution in [-0.4, -0.2) is 42.4 Å². The molecule has 0 spiro atoms. The van der Waals surface area contributed by atoms with Gasteiger partial charge in [-0.2, -0.15) is 0 Å². The molecule has 7 heteroatoms. The molecule has 1 unspecified atom stereocenters. The van der Waals surface area contributed by atoms with Crippen molar-refractivity contribution in [2.75, 3.05) is 25.6 Å². The van der Waals surface area contributed by atoms with Crippen molar-refractivity contribution in [1.82, 2.24) is 4.90 Å². The van der Waals surface area contributed by atoms with Crippen LogP contribution in [0.1, 0.15) is 33.8 Å². The molecule has 1 atom stereocenters. The largest absolute Gasteiger partial charge is 0.503 e. The SMILES string of the molecule is CCOc1ccc(CN2C(=O)C(O)=C(C(=O)c3cccs3)C2c2ccc(N(C)C)cc2)cc1. The first-order valence-electron chi connectivity index (χ1n) is 10.7. The topological polar surface area (TPSA) is 70.1 Å². The third-order valence-corrected chi connectivity index (χ3v) is 6.47. The van der Waals surface area contributed by atoms with Crippen LogP contribution in [0.5, 0.6) is 5.75 Å². The summed E-state index contributed by atoms with van der Waals surface area (Å²) in [6.07, 6.45) is 0. The lowest BCUT2D eigenvalue weighted by atomic mass is 9.95. The highest BCUT2D eigenvalue weighted by Crippen LogP contribution is 2.40. The molecule has 3 aromatic rings. The number of ether oxygens (including phenoxy) is 1. The van der Waals surface area contributed by atoms with Gasteiger partial charge in [0, 0.05) is 26.3 Å². The number of carbonyl (C=O) groups excluding carboxylic acids is 2. The van der Waals surface area contributed by atoms with E-state index in [2.05, 4.69) is 0 Å². The molecule has 0 bridgehead atoms. The van der Waals surface area contributed by atoms with E-state index < -0.39 is 17.7 Å². The summed E-state index contributed by atoms with van der Waals surface area (Å²) in [6, 6.07) is 18.0. The fraction of sp³-hybridized carbons (Fsp3) is 0.231. The van der Waals surface area contributed by atoms with Gasteiger partial charge in [-0.3, -0.25) is 9.59 Å². The first-order chi connectivity index (χ1) is 15.9. The van der Waals surface area contributed by atoms with Gasteiger partial charge in [-0.25, -0.2) is 0 Å². The van der Waals surface area contributed by atoms with E-state index in [1.807, 2.05) is 74.4 Å². The van der Waals surface area contributed by atoms with Gasteiger partial charge in [0.2, 0.25) is 5.78 Å². The van der Waals surface area contributed by atoms with Gasteiger partial charge in [-0.1, -0.05) is 30.3 Å². The fourth-order valence-corrected chi connectivity index (χ4v) is 4.62. The molecule has 0 saturated carbocycles. The van der Waals surface area contributed by atoms with Crippen molar-refractivity contribution >= 4 is 28.7 Å². The third-order valence-electron chi connectivity index (χ3n) is 5.61. The molecule has 2 aromatic carbocycles. The second-order valence-corrected chi connectivity index (χ2v) is 8.91. The zero-order valence-corrected chi connectivity index (χ0v) is 19.6. The fourth-order valence-electron chi connectivity index (χ4n) is 3.94. The molecular weight excluding hydrogens is 436 g/mol. The van der Waals surface area contributed by atoms with Crippen molar-refractivity contribution < 1.29 is 19.4 Å². The molecule has 2 heterocycles. The van der Waals surface area contributed by atoms with E-state index in [0.29, 0.717) is 11.5 Å². The van der Waals surface area contributed by atoms with Crippen LogP contribution in [0.2, 0.25) is 0 Å². The van der Waals surface area contributed by atoms with E-state index in [9.17, 15) is 14.7 Å². The highest BCUT2D eigenvalue weighted by Gasteiger charge is 2.44. The molecule has 170 valence electrons. The van der Waals surface area contributed by atoms with Crippen LogP contribution >= 0.6 is 11.3 Å². The molecule has 6 nitrogen and oxygen atoms in total. The van der Waals surface area contributed by atoms with Gasteiger partial charge in [-0.05, 0) is 53.8 Å². The number of ketones is 1. The van der Waals surface area contributed by atoms with Crippen LogP contribution in [0.4, 0.5) is 5.69 Å². The molecule has 0 aliphatic carbocycles. The lowest BCUT2D eigenvalue weighted by Crippen LogP contribution is -2.30. The number of rotatable bonds is 8. The van der Waals surface area contributed by atoms with Crippen LogP contribution in [0.15, 0.2) is 77.4 Å². The summed E-state index contributed by atoms with van der Waals surface area (Å²) in [7, 11) is 3.90. The monoisotopic (exact) mass is 462 g/mol. The summed E-state index contributed by atoms with van der Waals surface area (Å²) >= 11 is 1.29. The second-order valence-electron chi connectivity index (χ2n) is 7.97. The predicted molar refractivity (Wildman–Crippen MR) is 130 cm³/mol. The van der Waals surface area contributed by atoms with E-state index >= 15 is 0 Å². The maximum absolute atomic E-state index is 13.3. The minimum absolute atomic E-state index is 0.117. The first kappa shape index (κ1) is 22.6. The molecule has 0 saturated heterocycles. The summed E-state index contributed by atoms with van der Waals surface area (Å²) in [5.74, 6) is -0.613. The van der Waals surface area contributed by atoms with Gasteiger partial charge in [-0.15, -0.1) is 11.3 Å². The number of hydrogen-bond donors (Lipinski definition) is 1. The van der Waals surface area contributed by atoms with E-state index in [4.69, 9.17) is 4.74 Å². The Morgan fingerprint density at radius 2 is 1.79 bits per heavy atom. The van der Waals surface area contributed by atoms with Crippen molar-refractivity contribution in [3.8, 4) is 5.75 Å². The third kappa shape index (κ3) is 4.50. The van der Waals surface area contributed by atoms with Gasteiger partial charge >= 0.3 is 0 Å². The van der Waals surface area contributed by atoms with E-state index in [0.717, 1.165) is 22.6 Å². The smallest absolute Gasteiger partial charge is 0.290 e. The Hall–Kier alpha value is -3.58. The Labute approximate surface area is 197 Å². The Bertz CT molecular complexity index is 1170. The van der Waals surface area contributed by atoms with Crippen LogP contribution in [0.3, 0.4) is 0 Å². The van der Waals surface area contributed by atoms with Crippen molar-refractivity contribution in [2.24, 2.45) is 0 Å². The van der Waals surface area contributed by atoms with Crippen LogP contribution in [0.25, 0.3) is 0 Å². The average molecular weight is 463 g/mol. The predicted octanol–water partition coefficient (Wildman–Crippen LogP) is 4.99. The minimum Gasteiger partial charge on any atom is -0.503 e. The molecule has 1 aromatic heterocycles. The number of hydrogen-bond acceptors (Lipinski definition) is 6. The maximum atomic E-state index is 13.3. The van der Waals surface area contributed by atoms with Crippen molar-refractivity contribution in [3.63, 3.8) is 0 Å². The van der Waals surface area contributed by atoms with Crippen molar-refractivity contribution in [2.45, 2.75) is 19.5 Å². The van der Waals surface area contributed by atoms with Crippen molar-refractivity contribution in [1.29, 1.82) is 0 Å². The molecule has 33 heavy (non-hydrogen) atoms. The van der Waals surface area contributed by atoms with Crippen LogP contribution in [-0.2, 0) is 11.3 Å². The molecule has 1 N–H and O–H groups in total. The van der Waals surface area contributed by atoms with E-state index in [-0.39, 0.29) is 17.9 Å². The molecule has 1 aliphatic rings. The Morgan fingerprint density at radius 3 is 2.36 bits per heavy atom. The van der Waals surface area contributed by atoms with Gasteiger partial charge in [0.1, 0.15) is 5.75 Å². The number of amides is 1. The Kier molecular flexibility index (Phi) is 6.51. The number of thiophene rings is 1. The quantitative estimate of drug-likeness (QED) is 0.478. The zero-order chi connectivity index (χ0) is 23.5. The summed E-state index contributed by atoms with van der Waals surface area (Å²) in [5.41, 5.74) is 2.76. The van der Waals surface area contributed by atoms with Gasteiger partial charge in [0.05, 0.1) is 23.1 Å².